The van der Waals surface area contributed by atoms with Crippen LogP contribution < -0.4 is 10.6 Å². The van der Waals surface area contributed by atoms with Crippen LogP contribution in [0, 0.1) is 0 Å². The fourth-order valence-corrected chi connectivity index (χ4v) is 1.84. The second kappa shape index (κ2) is 13.9. The van der Waals surface area contributed by atoms with Crippen molar-refractivity contribution < 1.29 is 26.4 Å². The van der Waals surface area contributed by atoms with Gasteiger partial charge in [-0.3, -0.25) is 9.59 Å². The van der Waals surface area contributed by atoms with Crippen LogP contribution in [0.1, 0.15) is 13.8 Å². The topological polar surface area (TPSA) is 106 Å². The van der Waals surface area contributed by atoms with Crippen molar-refractivity contribution in [1.29, 1.82) is 0 Å². The number of carbonyl (C=O) groups is 2. The average Bonchev–Trinajstić information content (AvgIpc) is 2.62. The SMILES string of the molecule is CC(C[NH-])NC=C1C=CC=CC1=O.CC([NH-])CNC=C1C=CC=CC1=O.[Co+3]. The van der Waals surface area contributed by atoms with E-state index in [0.717, 1.165) is 0 Å². The number of nitrogens with one attached hydrogen (secondary N) is 4. The fraction of sp³-hybridized carbons (Fsp3) is 0.300. The predicted molar refractivity (Wildman–Crippen MR) is 106 cm³/mol. The summed E-state index contributed by atoms with van der Waals surface area (Å²) in [4.78, 5) is 22.4. The van der Waals surface area contributed by atoms with Gasteiger partial charge in [-0.2, -0.15) is 0 Å². The molecule has 27 heavy (non-hydrogen) atoms. The number of rotatable bonds is 6. The second-order valence-electron chi connectivity index (χ2n) is 5.95. The first-order valence-corrected chi connectivity index (χ1v) is 8.47. The van der Waals surface area contributed by atoms with Crippen molar-refractivity contribution in [3.63, 3.8) is 0 Å². The molecule has 0 radical (unpaired) electrons. The first kappa shape index (κ1) is 24.8. The van der Waals surface area contributed by atoms with E-state index >= 15 is 0 Å². The van der Waals surface area contributed by atoms with Crippen LogP contribution in [0.15, 0.2) is 72.2 Å². The molecule has 2 unspecified atom stereocenters. The molecule has 0 aliphatic heterocycles. The van der Waals surface area contributed by atoms with Crippen LogP contribution in [0.4, 0.5) is 0 Å². The Morgan fingerprint density at radius 1 is 0.926 bits per heavy atom. The smallest absolute Gasteiger partial charge is 0.676 e. The molecule has 2 rings (SSSR count). The Morgan fingerprint density at radius 3 is 1.85 bits per heavy atom. The molecule has 2 aliphatic rings. The van der Waals surface area contributed by atoms with Gasteiger partial charge in [0.05, 0.1) is 0 Å². The number of hydrogen-bond donors (Lipinski definition) is 2. The maximum atomic E-state index is 11.2. The van der Waals surface area contributed by atoms with E-state index < -0.39 is 0 Å². The van der Waals surface area contributed by atoms with E-state index in [0.29, 0.717) is 24.2 Å². The first-order chi connectivity index (χ1) is 12.4. The molecule has 0 aromatic rings. The summed E-state index contributed by atoms with van der Waals surface area (Å²) in [5.74, 6) is 0.0137. The molecule has 0 bridgehead atoms. The Morgan fingerprint density at radius 2 is 1.41 bits per heavy atom. The van der Waals surface area contributed by atoms with Gasteiger partial charge in [0, 0.05) is 29.6 Å². The van der Waals surface area contributed by atoms with Crippen LogP contribution in [-0.4, -0.2) is 36.7 Å². The van der Waals surface area contributed by atoms with Crippen molar-refractivity contribution in [2.24, 2.45) is 0 Å². The third kappa shape index (κ3) is 10.5. The van der Waals surface area contributed by atoms with Gasteiger partial charge in [-0.05, 0) is 37.8 Å². The average molecular weight is 413 g/mol. The van der Waals surface area contributed by atoms with Gasteiger partial charge in [-0.15, -0.1) is 12.6 Å². The largest absolute Gasteiger partial charge is 3.00 e. The van der Waals surface area contributed by atoms with Crippen molar-refractivity contribution in [1.82, 2.24) is 10.6 Å². The summed E-state index contributed by atoms with van der Waals surface area (Å²) in [5.41, 5.74) is 15.6. The van der Waals surface area contributed by atoms with Crippen LogP contribution >= 0.6 is 0 Å². The van der Waals surface area contributed by atoms with Crippen molar-refractivity contribution in [3.05, 3.63) is 83.6 Å². The van der Waals surface area contributed by atoms with E-state index in [4.69, 9.17) is 11.5 Å². The monoisotopic (exact) mass is 413 g/mol. The van der Waals surface area contributed by atoms with Gasteiger partial charge >= 0.3 is 16.8 Å². The minimum absolute atomic E-state index is 0. The van der Waals surface area contributed by atoms with E-state index in [9.17, 15) is 9.59 Å². The molecular weight excluding hydrogens is 387 g/mol. The van der Waals surface area contributed by atoms with E-state index in [1.165, 1.54) is 12.2 Å². The van der Waals surface area contributed by atoms with Gasteiger partial charge in [-0.25, -0.2) is 0 Å². The molecule has 0 amide bonds. The Kier molecular flexibility index (Phi) is 12.8. The maximum Gasteiger partial charge on any atom is 3.00 e. The van der Waals surface area contributed by atoms with Crippen molar-refractivity contribution >= 4 is 11.6 Å². The Balaban J connectivity index is 0.000000483. The molecule has 0 spiro atoms. The zero-order valence-electron chi connectivity index (χ0n) is 15.5. The summed E-state index contributed by atoms with van der Waals surface area (Å²) in [7, 11) is 0. The first-order valence-electron chi connectivity index (χ1n) is 8.47. The molecule has 4 N–H and O–H groups in total. The van der Waals surface area contributed by atoms with Gasteiger partial charge in [0.2, 0.25) is 0 Å². The van der Waals surface area contributed by atoms with Crippen molar-refractivity contribution in [3.8, 4) is 0 Å². The van der Waals surface area contributed by atoms with Gasteiger partial charge in [0.25, 0.3) is 0 Å². The molecule has 7 heteroatoms. The minimum atomic E-state index is -0.157. The van der Waals surface area contributed by atoms with Crippen molar-refractivity contribution in [2.45, 2.75) is 25.9 Å². The van der Waals surface area contributed by atoms with E-state index in [1.807, 2.05) is 19.1 Å². The van der Waals surface area contributed by atoms with Crippen LogP contribution in [0.5, 0.6) is 0 Å². The zero-order valence-corrected chi connectivity index (χ0v) is 16.5. The fourth-order valence-electron chi connectivity index (χ4n) is 1.84. The molecule has 2 atom stereocenters. The van der Waals surface area contributed by atoms with Crippen LogP contribution in [-0.2, 0) is 26.4 Å². The molecule has 0 heterocycles. The molecule has 2 aliphatic carbocycles. The number of hydrogen-bond acceptors (Lipinski definition) is 4. The van der Waals surface area contributed by atoms with Crippen LogP contribution in [0.3, 0.4) is 0 Å². The molecule has 0 fully saturated rings. The third-order valence-corrected chi connectivity index (χ3v) is 3.35. The number of allylic oxidation sites excluding steroid dienone is 10. The number of carbonyl (C=O) groups excluding carboxylic acids is 2. The quantitative estimate of drug-likeness (QED) is 0.653. The molecule has 0 aromatic carbocycles. The zero-order chi connectivity index (χ0) is 19.4. The minimum Gasteiger partial charge on any atom is -0.676 e. The maximum absolute atomic E-state index is 11.2. The Bertz CT molecular complexity index is 673. The molecule has 0 saturated heterocycles. The standard InChI is InChI=1S/2C10H13N2O.Co/c1-8(11)6-12-7-9-4-2-3-5-10(9)13;1-8(6-11)12-7-9-4-2-3-5-10(9)13;/h2*2-5,7-8,11-12H,6H2,1H3;/q2*-1;+3. The predicted octanol–water partition coefficient (Wildman–Crippen LogP) is 3.19. The van der Waals surface area contributed by atoms with E-state index in [-0.39, 0.29) is 40.4 Å². The normalized spacial score (nSPS) is 20.0. The second-order valence-corrected chi connectivity index (χ2v) is 5.95. The van der Waals surface area contributed by atoms with Crippen LogP contribution in [0.25, 0.3) is 11.5 Å². The van der Waals surface area contributed by atoms with E-state index in [1.54, 1.807) is 43.6 Å². The summed E-state index contributed by atoms with van der Waals surface area (Å²) in [6, 6.07) is -0.0744. The van der Waals surface area contributed by atoms with E-state index in [2.05, 4.69) is 10.6 Å². The molecule has 0 saturated carbocycles. The summed E-state index contributed by atoms with van der Waals surface area (Å²) in [5, 5.41) is 5.91. The molecule has 0 aromatic heterocycles. The molecule has 146 valence electrons. The number of ketones is 2. The third-order valence-electron chi connectivity index (χ3n) is 3.35. The van der Waals surface area contributed by atoms with Gasteiger partial charge < -0.3 is 22.1 Å². The molecular formula is C20H26CoN4O2+. The summed E-state index contributed by atoms with van der Waals surface area (Å²) < 4.78 is 0. The Hall–Kier alpha value is -2.19. The summed E-state index contributed by atoms with van der Waals surface area (Å²) >= 11 is 0. The van der Waals surface area contributed by atoms with Gasteiger partial charge in [0.15, 0.2) is 11.6 Å². The summed E-state index contributed by atoms with van der Waals surface area (Å²) in [6.07, 6.45) is 17.0. The summed E-state index contributed by atoms with van der Waals surface area (Å²) in [6.45, 7) is 4.56. The molecule has 6 nitrogen and oxygen atoms in total. The van der Waals surface area contributed by atoms with Gasteiger partial charge in [-0.1, -0.05) is 31.2 Å². The Labute approximate surface area is 171 Å². The van der Waals surface area contributed by atoms with Crippen LogP contribution in [0.2, 0.25) is 0 Å². The van der Waals surface area contributed by atoms with Gasteiger partial charge in [0.1, 0.15) is 0 Å². The van der Waals surface area contributed by atoms with Crippen molar-refractivity contribution in [2.75, 3.05) is 13.1 Å².